The second-order valence-corrected chi connectivity index (χ2v) is 5.07. The van der Waals surface area contributed by atoms with Gasteiger partial charge in [-0.25, -0.2) is 9.97 Å². The van der Waals surface area contributed by atoms with Gasteiger partial charge in [0.15, 0.2) is 0 Å². The van der Waals surface area contributed by atoms with Gasteiger partial charge in [-0.05, 0) is 34.7 Å². The van der Waals surface area contributed by atoms with Gasteiger partial charge < -0.3 is 10.0 Å². The summed E-state index contributed by atoms with van der Waals surface area (Å²) in [6.07, 6.45) is 3.42. The summed E-state index contributed by atoms with van der Waals surface area (Å²) in [4.78, 5) is 10.3. The molecule has 6 heteroatoms. The van der Waals surface area contributed by atoms with Gasteiger partial charge >= 0.3 is 0 Å². The number of aromatic nitrogens is 2. The maximum absolute atomic E-state index is 8.91. The summed E-state index contributed by atoms with van der Waals surface area (Å²) in [6.45, 7) is 2.13. The zero-order valence-corrected chi connectivity index (χ0v) is 11.1. The molecule has 0 spiro atoms. The molecule has 2 rings (SSSR count). The van der Waals surface area contributed by atoms with Crippen LogP contribution in [0.1, 0.15) is 12.8 Å². The third-order valence-corrected chi connectivity index (χ3v) is 4.10. The molecule has 16 heavy (non-hydrogen) atoms. The second-order valence-electron chi connectivity index (χ2n) is 3.92. The summed E-state index contributed by atoms with van der Waals surface area (Å²) in [6, 6.07) is 0. The Bertz CT molecular complexity index is 377. The second kappa shape index (κ2) is 5.29. The molecule has 0 aromatic carbocycles. The normalized spacial score (nSPS) is 20.4. The van der Waals surface area contributed by atoms with E-state index < -0.39 is 0 Å². The van der Waals surface area contributed by atoms with Crippen LogP contribution in [0.25, 0.3) is 0 Å². The summed E-state index contributed by atoms with van der Waals surface area (Å²) in [5.41, 5.74) is 0. The van der Waals surface area contributed by atoms with Crippen LogP contribution in [0.4, 0.5) is 5.82 Å². The number of nitrogens with zero attached hydrogens (tertiary/aromatic N) is 3. The van der Waals surface area contributed by atoms with Gasteiger partial charge in [-0.1, -0.05) is 11.6 Å². The lowest BCUT2D eigenvalue weighted by molar-refractivity contribution is 0.263. The fraction of sp³-hybridized carbons (Fsp3) is 0.600. The van der Waals surface area contributed by atoms with E-state index >= 15 is 0 Å². The van der Waals surface area contributed by atoms with Crippen molar-refractivity contribution in [2.24, 2.45) is 5.92 Å². The van der Waals surface area contributed by atoms with Gasteiger partial charge in [-0.3, -0.25) is 0 Å². The average Bonchev–Trinajstić information content (AvgIpc) is 2.71. The van der Waals surface area contributed by atoms with Crippen molar-refractivity contribution in [1.29, 1.82) is 0 Å². The Hall–Kier alpha value is -0.390. The Morgan fingerprint density at radius 2 is 2.38 bits per heavy atom. The van der Waals surface area contributed by atoms with Crippen molar-refractivity contribution in [2.75, 3.05) is 24.6 Å². The Labute approximate surface area is 108 Å². The molecule has 0 aliphatic carbocycles. The molecular weight excluding hydrogens is 293 g/mol. The molecule has 1 atom stereocenters. The van der Waals surface area contributed by atoms with E-state index in [1.54, 1.807) is 0 Å². The molecule has 1 saturated heterocycles. The maximum Gasteiger partial charge on any atom is 0.148 e. The quantitative estimate of drug-likeness (QED) is 0.869. The van der Waals surface area contributed by atoms with E-state index in [0.717, 1.165) is 36.2 Å². The molecule has 0 bridgehead atoms. The fourth-order valence-corrected chi connectivity index (χ4v) is 2.59. The molecule has 1 N–H and O–H groups in total. The molecule has 0 saturated carbocycles. The summed E-state index contributed by atoms with van der Waals surface area (Å²) in [7, 11) is 0. The summed E-state index contributed by atoms with van der Waals surface area (Å²) in [5, 5.41) is 9.35. The van der Waals surface area contributed by atoms with Gasteiger partial charge in [0, 0.05) is 19.7 Å². The number of anilines is 1. The summed E-state index contributed by atoms with van der Waals surface area (Å²) >= 11 is 9.33. The molecule has 1 unspecified atom stereocenters. The molecule has 1 aliphatic heterocycles. The molecule has 1 aromatic rings. The highest BCUT2D eigenvalue weighted by molar-refractivity contribution is 9.10. The molecule has 1 aliphatic rings. The topological polar surface area (TPSA) is 49.2 Å². The van der Waals surface area contributed by atoms with Crippen LogP contribution in [0.3, 0.4) is 0 Å². The first-order chi connectivity index (χ1) is 7.72. The first kappa shape index (κ1) is 12.1. The Morgan fingerprint density at radius 3 is 3.12 bits per heavy atom. The number of hydrogen-bond donors (Lipinski definition) is 1. The fourth-order valence-electron chi connectivity index (χ4n) is 2.00. The molecule has 0 amide bonds. The average molecular weight is 307 g/mol. The van der Waals surface area contributed by atoms with Crippen LogP contribution >= 0.6 is 27.5 Å². The zero-order valence-electron chi connectivity index (χ0n) is 8.74. The van der Waals surface area contributed by atoms with Crippen molar-refractivity contribution in [3.05, 3.63) is 16.0 Å². The van der Waals surface area contributed by atoms with Crippen LogP contribution in [0.2, 0.25) is 5.15 Å². The van der Waals surface area contributed by atoms with E-state index in [1.807, 2.05) is 0 Å². The predicted molar refractivity (Wildman–Crippen MR) is 66.8 cm³/mol. The van der Waals surface area contributed by atoms with E-state index in [0.29, 0.717) is 11.1 Å². The van der Waals surface area contributed by atoms with Gasteiger partial charge in [0.2, 0.25) is 0 Å². The number of halogens is 2. The number of aliphatic hydroxyl groups is 1. The van der Waals surface area contributed by atoms with Gasteiger partial charge in [-0.2, -0.15) is 0 Å². The van der Waals surface area contributed by atoms with Crippen LogP contribution in [0.5, 0.6) is 0 Å². The van der Waals surface area contributed by atoms with Gasteiger partial charge in [0.25, 0.3) is 0 Å². The molecule has 2 heterocycles. The largest absolute Gasteiger partial charge is 0.396 e. The van der Waals surface area contributed by atoms with E-state index in [-0.39, 0.29) is 6.61 Å². The minimum absolute atomic E-state index is 0.254. The first-order valence-electron chi connectivity index (χ1n) is 5.24. The van der Waals surface area contributed by atoms with Gasteiger partial charge in [0.05, 0.1) is 4.47 Å². The molecule has 88 valence electrons. The minimum atomic E-state index is 0.254. The molecule has 4 nitrogen and oxygen atoms in total. The van der Waals surface area contributed by atoms with E-state index in [4.69, 9.17) is 16.7 Å². The van der Waals surface area contributed by atoms with Crippen molar-refractivity contribution < 1.29 is 5.11 Å². The summed E-state index contributed by atoms with van der Waals surface area (Å²) < 4.78 is 0.751. The standard InChI is InChI=1S/C10H13BrClN3O/c11-8-9(12)13-6-14-10(8)15-3-1-7(5-15)2-4-16/h6-7,16H,1-5H2. The van der Waals surface area contributed by atoms with Crippen molar-refractivity contribution in [3.63, 3.8) is 0 Å². The van der Waals surface area contributed by atoms with Crippen molar-refractivity contribution in [3.8, 4) is 0 Å². The number of aliphatic hydroxyl groups excluding tert-OH is 1. The van der Waals surface area contributed by atoms with Crippen LogP contribution < -0.4 is 4.90 Å². The molecule has 1 aromatic heterocycles. The lowest BCUT2D eigenvalue weighted by atomic mass is 10.1. The predicted octanol–water partition coefficient (Wildman–Crippen LogP) is 2.10. The SMILES string of the molecule is OCCC1CCN(c2ncnc(Cl)c2Br)C1. The third kappa shape index (κ3) is 2.47. The smallest absolute Gasteiger partial charge is 0.148 e. The van der Waals surface area contributed by atoms with Crippen LogP contribution in [-0.4, -0.2) is 34.8 Å². The Morgan fingerprint density at radius 1 is 1.56 bits per heavy atom. The minimum Gasteiger partial charge on any atom is -0.396 e. The van der Waals surface area contributed by atoms with Crippen LogP contribution in [0, 0.1) is 5.92 Å². The third-order valence-electron chi connectivity index (χ3n) is 2.85. The lowest BCUT2D eigenvalue weighted by Gasteiger charge is -2.18. The van der Waals surface area contributed by atoms with Gasteiger partial charge in [0.1, 0.15) is 17.3 Å². The van der Waals surface area contributed by atoms with Crippen molar-refractivity contribution >= 4 is 33.3 Å². The van der Waals surface area contributed by atoms with Crippen LogP contribution in [-0.2, 0) is 0 Å². The van der Waals surface area contributed by atoms with Crippen LogP contribution in [0.15, 0.2) is 10.8 Å². The highest BCUT2D eigenvalue weighted by Crippen LogP contribution is 2.32. The summed E-state index contributed by atoms with van der Waals surface area (Å²) in [5.74, 6) is 1.39. The Kier molecular flexibility index (Phi) is 4.00. The number of rotatable bonds is 3. The monoisotopic (exact) mass is 305 g/mol. The molecule has 0 radical (unpaired) electrons. The molecule has 1 fully saturated rings. The Balaban J connectivity index is 2.11. The number of hydrogen-bond acceptors (Lipinski definition) is 4. The van der Waals surface area contributed by atoms with Crippen molar-refractivity contribution in [1.82, 2.24) is 9.97 Å². The highest BCUT2D eigenvalue weighted by Gasteiger charge is 2.25. The molecular formula is C10H13BrClN3O. The van der Waals surface area contributed by atoms with E-state index in [9.17, 15) is 0 Å². The maximum atomic E-state index is 8.91. The first-order valence-corrected chi connectivity index (χ1v) is 6.41. The van der Waals surface area contributed by atoms with Gasteiger partial charge in [-0.15, -0.1) is 0 Å². The lowest BCUT2D eigenvalue weighted by Crippen LogP contribution is -2.21. The highest BCUT2D eigenvalue weighted by atomic mass is 79.9. The van der Waals surface area contributed by atoms with E-state index in [2.05, 4.69) is 30.8 Å². The van der Waals surface area contributed by atoms with E-state index in [1.165, 1.54) is 6.33 Å². The zero-order chi connectivity index (χ0) is 11.5. The van der Waals surface area contributed by atoms with Crippen molar-refractivity contribution in [2.45, 2.75) is 12.8 Å².